The summed E-state index contributed by atoms with van der Waals surface area (Å²) in [6, 6.07) is 11.3. The summed E-state index contributed by atoms with van der Waals surface area (Å²) in [7, 11) is 0. The van der Waals surface area contributed by atoms with Gasteiger partial charge in [-0.25, -0.2) is 20.0 Å². The van der Waals surface area contributed by atoms with Crippen molar-refractivity contribution in [3.63, 3.8) is 0 Å². The van der Waals surface area contributed by atoms with E-state index in [1.54, 1.807) is 24.8 Å². The van der Waals surface area contributed by atoms with Crippen LogP contribution in [0, 0.1) is 0 Å². The summed E-state index contributed by atoms with van der Waals surface area (Å²) in [4.78, 5) is 16.6. The standard InChI is InChI=1S/C14H15N5/c1-3-7-16-13(5-1)18-11-9-15-10-12-19-14-6-2-4-8-17-14/h1-8,11-12,15H,9-10H2. The van der Waals surface area contributed by atoms with Crippen LogP contribution in [-0.4, -0.2) is 35.5 Å². The summed E-state index contributed by atoms with van der Waals surface area (Å²) in [5, 5.41) is 3.17. The maximum absolute atomic E-state index is 4.21. The number of aromatic nitrogens is 2. The molecule has 0 saturated carbocycles. The van der Waals surface area contributed by atoms with Crippen LogP contribution >= 0.6 is 0 Å². The molecule has 0 amide bonds. The first-order chi connectivity index (χ1) is 9.45. The minimum atomic E-state index is 0.671. The van der Waals surface area contributed by atoms with Gasteiger partial charge in [-0.05, 0) is 24.3 Å². The number of rotatable bonds is 6. The van der Waals surface area contributed by atoms with Gasteiger partial charge in [0.25, 0.3) is 0 Å². The van der Waals surface area contributed by atoms with E-state index in [1.165, 1.54) is 0 Å². The third-order valence-electron chi connectivity index (χ3n) is 2.22. The van der Waals surface area contributed by atoms with Gasteiger partial charge in [0.1, 0.15) is 0 Å². The van der Waals surface area contributed by atoms with Crippen LogP contribution < -0.4 is 5.32 Å². The third kappa shape index (κ3) is 5.18. The molecule has 0 aliphatic heterocycles. The zero-order valence-electron chi connectivity index (χ0n) is 10.5. The van der Waals surface area contributed by atoms with Crippen LogP contribution in [0.25, 0.3) is 0 Å². The van der Waals surface area contributed by atoms with Gasteiger partial charge >= 0.3 is 0 Å². The smallest absolute Gasteiger partial charge is 0.151 e. The number of hydrogen-bond acceptors (Lipinski definition) is 5. The molecular formula is C14H15N5. The second-order valence-electron chi connectivity index (χ2n) is 3.66. The fourth-order valence-corrected chi connectivity index (χ4v) is 1.35. The average Bonchev–Trinajstić information content (AvgIpc) is 2.48. The minimum absolute atomic E-state index is 0.671. The van der Waals surface area contributed by atoms with E-state index in [9.17, 15) is 0 Å². The molecule has 0 spiro atoms. The molecule has 96 valence electrons. The molecule has 0 radical (unpaired) electrons. The van der Waals surface area contributed by atoms with Crippen LogP contribution in [-0.2, 0) is 0 Å². The normalized spacial score (nSPS) is 11.4. The van der Waals surface area contributed by atoms with Crippen LogP contribution in [0.2, 0.25) is 0 Å². The third-order valence-corrected chi connectivity index (χ3v) is 2.22. The number of nitrogens with zero attached hydrogens (tertiary/aromatic N) is 4. The first-order valence-corrected chi connectivity index (χ1v) is 6.03. The molecule has 2 aromatic rings. The van der Waals surface area contributed by atoms with E-state index in [2.05, 4.69) is 25.3 Å². The fraction of sp³-hybridized carbons (Fsp3) is 0.143. The molecule has 0 aliphatic carbocycles. The molecule has 0 aliphatic rings. The summed E-state index contributed by atoms with van der Waals surface area (Å²) in [5.74, 6) is 1.43. The zero-order chi connectivity index (χ0) is 13.2. The molecule has 5 nitrogen and oxygen atoms in total. The molecule has 0 bridgehead atoms. The Kier molecular flexibility index (Phi) is 5.38. The van der Waals surface area contributed by atoms with Gasteiger partial charge in [-0.15, -0.1) is 0 Å². The van der Waals surface area contributed by atoms with Crippen molar-refractivity contribution in [1.29, 1.82) is 0 Å². The molecule has 0 atom stereocenters. The monoisotopic (exact) mass is 253 g/mol. The predicted molar refractivity (Wildman–Crippen MR) is 77.6 cm³/mol. The van der Waals surface area contributed by atoms with Crippen molar-refractivity contribution in [3.8, 4) is 0 Å². The molecule has 0 saturated heterocycles. The van der Waals surface area contributed by atoms with E-state index in [0.717, 1.165) is 0 Å². The van der Waals surface area contributed by atoms with Gasteiger partial charge in [0.05, 0.1) is 0 Å². The van der Waals surface area contributed by atoms with Crippen LogP contribution in [0.15, 0.2) is 58.8 Å². The summed E-state index contributed by atoms with van der Waals surface area (Å²) in [6.07, 6.45) is 7.02. The summed E-state index contributed by atoms with van der Waals surface area (Å²) >= 11 is 0. The van der Waals surface area contributed by atoms with Crippen molar-refractivity contribution in [2.24, 2.45) is 9.98 Å². The van der Waals surface area contributed by atoms with Crippen molar-refractivity contribution in [3.05, 3.63) is 48.8 Å². The molecule has 0 fully saturated rings. The SMILES string of the molecule is C(CNCC=Nc1ccccn1)=Nc1ccccn1. The van der Waals surface area contributed by atoms with E-state index in [1.807, 2.05) is 36.4 Å². The van der Waals surface area contributed by atoms with Crippen molar-refractivity contribution >= 4 is 24.1 Å². The number of hydrogen-bond donors (Lipinski definition) is 1. The molecule has 0 unspecified atom stereocenters. The molecule has 2 aromatic heterocycles. The lowest BCUT2D eigenvalue weighted by atomic mass is 10.5. The van der Waals surface area contributed by atoms with Gasteiger partial charge in [-0.1, -0.05) is 12.1 Å². The molecule has 2 rings (SSSR count). The Morgan fingerprint density at radius 3 is 1.79 bits per heavy atom. The Morgan fingerprint density at radius 2 is 1.37 bits per heavy atom. The maximum Gasteiger partial charge on any atom is 0.151 e. The highest BCUT2D eigenvalue weighted by Crippen LogP contribution is 2.03. The fourth-order valence-electron chi connectivity index (χ4n) is 1.35. The summed E-state index contributed by atoms with van der Waals surface area (Å²) in [6.45, 7) is 1.34. The van der Waals surface area contributed by atoms with Crippen LogP contribution in [0.3, 0.4) is 0 Å². The molecule has 1 N–H and O–H groups in total. The second-order valence-corrected chi connectivity index (χ2v) is 3.66. The Bertz CT molecular complexity index is 473. The summed E-state index contributed by atoms with van der Waals surface area (Å²) in [5.41, 5.74) is 0. The minimum Gasteiger partial charge on any atom is -0.307 e. The van der Waals surface area contributed by atoms with Crippen LogP contribution in [0.5, 0.6) is 0 Å². The van der Waals surface area contributed by atoms with Crippen molar-refractivity contribution in [2.45, 2.75) is 0 Å². The van der Waals surface area contributed by atoms with Crippen LogP contribution in [0.1, 0.15) is 0 Å². The molecular weight excluding hydrogens is 238 g/mol. The lowest BCUT2D eigenvalue weighted by molar-refractivity contribution is 0.904. The van der Waals surface area contributed by atoms with Crippen molar-refractivity contribution in [1.82, 2.24) is 15.3 Å². The predicted octanol–water partition coefficient (Wildman–Crippen LogP) is 2.17. The number of pyridine rings is 2. The lowest BCUT2D eigenvalue weighted by Crippen LogP contribution is -2.18. The van der Waals surface area contributed by atoms with Gasteiger partial charge < -0.3 is 5.32 Å². The van der Waals surface area contributed by atoms with E-state index < -0.39 is 0 Å². The molecule has 0 aromatic carbocycles. The Morgan fingerprint density at radius 1 is 0.842 bits per heavy atom. The lowest BCUT2D eigenvalue weighted by Gasteiger charge is -1.95. The Hall–Kier alpha value is -2.40. The van der Waals surface area contributed by atoms with Gasteiger partial charge in [0.15, 0.2) is 11.6 Å². The highest BCUT2D eigenvalue weighted by Gasteiger charge is 1.86. The largest absolute Gasteiger partial charge is 0.307 e. The van der Waals surface area contributed by atoms with Crippen molar-refractivity contribution in [2.75, 3.05) is 13.1 Å². The van der Waals surface area contributed by atoms with Gasteiger partial charge in [0, 0.05) is 37.9 Å². The van der Waals surface area contributed by atoms with Crippen LogP contribution in [0.4, 0.5) is 11.6 Å². The van der Waals surface area contributed by atoms with Gasteiger partial charge in [-0.2, -0.15) is 0 Å². The molecule has 19 heavy (non-hydrogen) atoms. The Balaban J connectivity index is 1.65. The average molecular weight is 253 g/mol. The van der Waals surface area contributed by atoms with Crippen molar-refractivity contribution < 1.29 is 0 Å². The van der Waals surface area contributed by atoms with E-state index in [-0.39, 0.29) is 0 Å². The van der Waals surface area contributed by atoms with E-state index in [4.69, 9.17) is 0 Å². The maximum atomic E-state index is 4.21. The quantitative estimate of drug-likeness (QED) is 0.634. The second kappa shape index (κ2) is 7.84. The number of nitrogens with one attached hydrogen (secondary N) is 1. The van der Waals surface area contributed by atoms with E-state index >= 15 is 0 Å². The van der Waals surface area contributed by atoms with E-state index in [0.29, 0.717) is 24.7 Å². The molecule has 2 heterocycles. The highest BCUT2D eigenvalue weighted by molar-refractivity contribution is 5.66. The van der Waals surface area contributed by atoms with Gasteiger partial charge in [-0.3, -0.25) is 0 Å². The van der Waals surface area contributed by atoms with Gasteiger partial charge in [0.2, 0.25) is 0 Å². The topological polar surface area (TPSA) is 62.5 Å². The Labute approximate surface area is 112 Å². The number of aliphatic imine (C=N–C) groups is 2. The highest BCUT2D eigenvalue weighted by atomic mass is 14.9. The molecule has 5 heteroatoms. The first-order valence-electron chi connectivity index (χ1n) is 6.03. The summed E-state index contributed by atoms with van der Waals surface area (Å²) < 4.78 is 0. The zero-order valence-corrected chi connectivity index (χ0v) is 10.5. The first kappa shape index (κ1) is 13.0.